The van der Waals surface area contributed by atoms with Crippen LogP contribution in [0.2, 0.25) is 0 Å². The number of nitrogens with zero attached hydrogens (tertiary/aromatic N) is 1. The molecule has 2 heteroatoms. The molecule has 0 saturated heterocycles. The highest BCUT2D eigenvalue weighted by Gasteiger charge is 2.05. The Balaban J connectivity index is 1.97. The van der Waals surface area contributed by atoms with E-state index in [1.54, 1.807) is 0 Å². The maximum atomic E-state index is 4.70. The van der Waals surface area contributed by atoms with Crippen molar-refractivity contribution < 1.29 is 0 Å². The van der Waals surface area contributed by atoms with Gasteiger partial charge in [0, 0.05) is 0 Å². The van der Waals surface area contributed by atoms with Crippen molar-refractivity contribution in [2.75, 3.05) is 0 Å². The van der Waals surface area contributed by atoms with Gasteiger partial charge in [-0.3, -0.25) is 0 Å². The van der Waals surface area contributed by atoms with Crippen LogP contribution in [0, 0.1) is 0 Å². The molecule has 2 aromatic carbocycles. The summed E-state index contributed by atoms with van der Waals surface area (Å²) < 4.78 is 1.30. The summed E-state index contributed by atoms with van der Waals surface area (Å²) in [5.74, 6) is 0. The maximum Gasteiger partial charge on any atom is 0.0938 e. The summed E-state index contributed by atoms with van der Waals surface area (Å²) in [6.07, 6.45) is 3.56. The number of fused-ring (bicyclic) bond motifs is 1. The van der Waals surface area contributed by atoms with Gasteiger partial charge in [-0.25, -0.2) is 4.98 Å². The van der Waals surface area contributed by atoms with E-state index in [-0.39, 0.29) is 0 Å². The number of thiazole rings is 1. The van der Waals surface area contributed by atoms with E-state index >= 15 is 0 Å². The first-order valence-electron chi connectivity index (χ1n) is 6.81. The fourth-order valence-corrected chi connectivity index (χ4v) is 3.27. The Kier molecular flexibility index (Phi) is 3.60. The smallest absolute Gasteiger partial charge is 0.0938 e. The van der Waals surface area contributed by atoms with Gasteiger partial charge in [-0.15, -0.1) is 11.3 Å². The zero-order chi connectivity index (χ0) is 13.1. The van der Waals surface area contributed by atoms with Gasteiger partial charge in [0.1, 0.15) is 0 Å². The molecule has 0 amide bonds. The molecule has 1 nitrogen and oxygen atoms in total. The highest BCUT2D eigenvalue weighted by molar-refractivity contribution is 7.18. The molecule has 1 heterocycles. The van der Waals surface area contributed by atoms with Crippen LogP contribution in [0.5, 0.6) is 0 Å². The lowest BCUT2D eigenvalue weighted by molar-refractivity contribution is 0.791. The molecule has 0 spiro atoms. The molecule has 19 heavy (non-hydrogen) atoms. The van der Waals surface area contributed by atoms with Gasteiger partial charge in [0.05, 0.1) is 15.2 Å². The normalized spacial score (nSPS) is 11.0. The lowest BCUT2D eigenvalue weighted by atomic mass is 10.1. The topological polar surface area (TPSA) is 12.9 Å². The summed E-state index contributed by atoms with van der Waals surface area (Å²) in [7, 11) is 0. The lowest BCUT2D eigenvalue weighted by Gasteiger charge is -2.00. The van der Waals surface area contributed by atoms with Gasteiger partial charge in [0.25, 0.3) is 0 Å². The quantitative estimate of drug-likeness (QED) is 0.624. The number of hydrogen-bond donors (Lipinski definition) is 0. The van der Waals surface area contributed by atoms with Crippen molar-refractivity contribution in [3.8, 4) is 11.1 Å². The zero-order valence-electron chi connectivity index (χ0n) is 11.1. The summed E-state index contributed by atoms with van der Waals surface area (Å²) in [6, 6.07) is 17.1. The molecule has 0 aliphatic heterocycles. The van der Waals surface area contributed by atoms with Crippen molar-refractivity contribution in [2.45, 2.75) is 26.2 Å². The second-order valence-corrected chi connectivity index (χ2v) is 5.87. The van der Waals surface area contributed by atoms with Gasteiger partial charge in [0.2, 0.25) is 0 Å². The molecule has 0 N–H and O–H groups in total. The standard InChI is InChI=1S/C17H17NS/c1-2-3-9-17-18-15-11-10-14(12-16(15)19-17)13-7-5-4-6-8-13/h4-8,10-12H,2-3,9H2,1H3. The van der Waals surface area contributed by atoms with Gasteiger partial charge in [-0.2, -0.15) is 0 Å². The van der Waals surface area contributed by atoms with E-state index in [0.717, 1.165) is 11.9 Å². The third-order valence-corrected chi connectivity index (χ3v) is 4.36. The van der Waals surface area contributed by atoms with Gasteiger partial charge in [-0.05, 0) is 36.1 Å². The first-order chi connectivity index (χ1) is 9.36. The molecule has 96 valence electrons. The Labute approximate surface area is 117 Å². The van der Waals surface area contributed by atoms with Crippen molar-refractivity contribution in [2.24, 2.45) is 0 Å². The molecule has 0 aliphatic carbocycles. The fourth-order valence-electron chi connectivity index (χ4n) is 2.22. The number of benzene rings is 2. The molecule has 0 aliphatic rings. The number of unbranched alkanes of at least 4 members (excludes halogenated alkanes) is 1. The summed E-state index contributed by atoms with van der Waals surface area (Å²) in [4.78, 5) is 4.70. The Morgan fingerprint density at radius 3 is 2.63 bits per heavy atom. The van der Waals surface area contributed by atoms with Gasteiger partial charge >= 0.3 is 0 Å². The number of aromatic nitrogens is 1. The van der Waals surface area contributed by atoms with Crippen LogP contribution in [-0.4, -0.2) is 4.98 Å². The molecule has 0 fully saturated rings. The highest BCUT2D eigenvalue weighted by atomic mass is 32.1. The minimum Gasteiger partial charge on any atom is -0.241 e. The van der Waals surface area contributed by atoms with Crippen molar-refractivity contribution >= 4 is 21.6 Å². The molecule has 0 radical (unpaired) electrons. The predicted molar refractivity (Wildman–Crippen MR) is 83.7 cm³/mol. The third kappa shape index (κ3) is 2.69. The summed E-state index contributed by atoms with van der Waals surface area (Å²) in [5.41, 5.74) is 3.68. The van der Waals surface area contributed by atoms with Crippen LogP contribution in [0.15, 0.2) is 48.5 Å². The van der Waals surface area contributed by atoms with Crippen LogP contribution in [0.1, 0.15) is 24.8 Å². The summed E-state index contributed by atoms with van der Waals surface area (Å²) >= 11 is 1.83. The third-order valence-electron chi connectivity index (χ3n) is 3.28. The van der Waals surface area contributed by atoms with Gasteiger partial charge < -0.3 is 0 Å². The van der Waals surface area contributed by atoms with Crippen LogP contribution in [0.3, 0.4) is 0 Å². The van der Waals surface area contributed by atoms with E-state index in [0.29, 0.717) is 0 Å². The van der Waals surface area contributed by atoms with Crippen molar-refractivity contribution in [1.29, 1.82) is 0 Å². The molecule has 3 aromatic rings. The van der Waals surface area contributed by atoms with E-state index in [1.165, 1.54) is 33.7 Å². The zero-order valence-corrected chi connectivity index (χ0v) is 11.9. The van der Waals surface area contributed by atoms with E-state index < -0.39 is 0 Å². The van der Waals surface area contributed by atoms with Gasteiger partial charge in [0.15, 0.2) is 0 Å². The van der Waals surface area contributed by atoms with Crippen LogP contribution < -0.4 is 0 Å². The van der Waals surface area contributed by atoms with Crippen molar-refractivity contribution in [3.63, 3.8) is 0 Å². The number of rotatable bonds is 4. The Morgan fingerprint density at radius 1 is 1.00 bits per heavy atom. The predicted octanol–water partition coefficient (Wildman–Crippen LogP) is 5.31. The van der Waals surface area contributed by atoms with Crippen LogP contribution in [-0.2, 0) is 6.42 Å². The maximum absolute atomic E-state index is 4.70. The Morgan fingerprint density at radius 2 is 1.84 bits per heavy atom. The molecule has 0 saturated carbocycles. The van der Waals surface area contributed by atoms with Crippen LogP contribution >= 0.6 is 11.3 Å². The molecular formula is C17H17NS. The summed E-state index contributed by atoms with van der Waals surface area (Å²) in [5, 5.41) is 1.27. The van der Waals surface area contributed by atoms with E-state index in [1.807, 2.05) is 11.3 Å². The fraction of sp³-hybridized carbons (Fsp3) is 0.235. The van der Waals surface area contributed by atoms with Crippen molar-refractivity contribution in [3.05, 3.63) is 53.5 Å². The Bertz CT molecular complexity index is 670. The molecule has 0 unspecified atom stereocenters. The minimum absolute atomic E-state index is 1.11. The first-order valence-corrected chi connectivity index (χ1v) is 7.63. The minimum atomic E-state index is 1.11. The van der Waals surface area contributed by atoms with E-state index in [4.69, 9.17) is 4.98 Å². The van der Waals surface area contributed by atoms with E-state index in [2.05, 4.69) is 55.5 Å². The molecule has 0 atom stereocenters. The summed E-state index contributed by atoms with van der Waals surface area (Å²) in [6.45, 7) is 2.22. The average Bonchev–Trinajstić information content (AvgIpc) is 2.87. The van der Waals surface area contributed by atoms with Crippen LogP contribution in [0.25, 0.3) is 21.3 Å². The molecule has 3 rings (SSSR count). The van der Waals surface area contributed by atoms with Crippen LogP contribution in [0.4, 0.5) is 0 Å². The largest absolute Gasteiger partial charge is 0.241 e. The molecule has 0 bridgehead atoms. The second kappa shape index (κ2) is 5.54. The number of aryl methyl sites for hydroxylation is 1. The van der Waals surface area contributed by atoms with Gasteiger partial charge in [-0.1, -0.05) is 49.7 Å². The average molecular weight is 267 g/mol. The first kappa shape index (κ1) is 12.4. The Hall–Kier alpha value is -1.67. The number of hydrogen-bond acceptors (Lipinski definition) is 2. The van der Waals surface area contributed by atoms with E-state index in [9.17, 15) is 0 Å². The SMILES string of the molecule is CCCCc1nc2ccc(-c3ccccc3)cc2s1. The lowest BCUT2D eigenvalue weighted by Crippen LogP contribution is -1.81. The van der Waals surface area contributed by atoms with Crippen molar-refractivity contribution in [1.82, 2.24) is 4.98 Å². The molecule has 1 aromatic heterocycles. The second-order valence-electron chi connectivity index (χ2n) is 4.76. The molecular weight excluding hydrogens is 250 g/mol. The monoisotopic (exact) mass is 267 g/mol. The highest BCUT2D eigenvalue weighted by Crippen LogP contribution is 2.28.